The molecular weight excluding hydrogens is 490 g/mol. The summed E-state index contributed by atoms with van der Waals surface area (Å²) in [5.41, 5.74) is 1.51. The van der Waals surface area contributed by atoms with Gasteiger partial charge in [-0.05, 0) is 43.2 Å². The highest BCUT2D eigenvalue weighted by molar-refractivity contribution is 7.88. The van der Waals surface area contributed by atoms with Crippen molar-refractivity contribution >= 4 is 46.0 Å². The predicted octanol–water partition coefficient (Wildman–Crippen LogP) is 1.86. The number of esters is 1. The molecule has 1 fully saturated rings. The van der Waals surface area contributed by atoms with Crippen LogP contribution in [-0.2, 0) is 30.1 Å². The van der Waals surface area contributed by atoms with Crippen LogP contribution in [0.15, 0.2) is 54.6 Å². The normalized spacial score (nSPS) is 18.2. The Labute approximate surface area is 210 Å². The van der Waals surface area contributed by atoms with Crippen LogP contribution in [0.1, 0.15) is 29.3 Å². The largest absolute Gasteiger partial charge is 0.462 e. The molecule has 3 rings (SSSR count). The van der Waals surface area contributed by atoms with Crippen molar-refractivity contribution in [3.05, 3.63) is 65.7 Å². The lowest BCUT2D eigenvalue weighted by Gasteiger charge is -2.23. The molecule has 1 amide bonds. The molecular formula is C24H29N3O6S2. The van der Waals surface area contributed by atoms with Crippen molar-refractivity contribution in [3.63, 3.8) is 0 Å². The third-order valence-electron chi connectivity index (χ3n) is 5.42. The Morgan fingerprint density at radius 1 is 1.06 bits per heavy atom. The SMILES string of the molecule is CCOC(=O)c1ccc(NC(=O)CNCC(=O)C2CC(S)CN2S(=O)(=O)Cc2ccccc2)cc1. The first kappa shape index (κ1) is 26.9. The number of thiol groups is 1. The molecule has 0 saturated carbocycles. The van der Waals surface area contributed by atoms with Crippen molar-refractivity contribution < 1.29 is 27.5 Å². The van der Waals surface area contributed by atoms with Crippen LogP contribution in [0.5, 0.6) is 0 Å². The zero-order chi connectivity index (χ0) is 25.4. The second-order valence-electron chi connectivity index (χ2n) is 8.13. The lowest BCUT2D eigenvalue weighted by molar-refractivity contribution is -0.121. The number of amides is 1. The third kappa shape index (κ3) is 7.63. The molecule has 2 aromatic carbocycles. The summed E-state index contributed by atoms with van der Waals surface area (Å²) in [6.45, 7) is 1.86. The van der Waals surface area contributed by atoms with Gasteiger partial charge in [0.25, 0.3) is 0 Å². The average Bonchev–Trinajstić information content (AvgIpc) is 3.23. The van der Waals surface area contributed by atoms with Crippen molar-refractivity contribution in [2.75, 3.05) is 31.6 Å². The van der Waals surface area contributed by atoms with Crippen LogP contribution >= 0.6 is 12.6 Å². The number of benzene rings is 2. The standard InChI is InChI=1S/C24H29N3O6S2/c1-2-33-24(30)18-8-10-19(11-9-18)26-23(29)14-25-13-22(28)21-12-20(34)15-27(21)35(31,32)16-17-6-4-3-5-7-17/h3-11,20-21,25,34H,2,12-16H2,1H3,(H,26,29). The van der Waals surface area contributed by atoms with Crippen molar-refractivity contribution in [3.8, 4) is 0 Å². The monoisotopic (exact) mass is 519 g/mol. The number of hydrogen-bond acceptors (Lipinski definition) is 8. The van der Waals surface area contributed by atoms with Crippen LogP contribution in [0, 0.1) is 0 Å². The van der Waals surface area contributed by atoms with Crippen LogP contribution in [0.2, 0.25) is 0 Å². The van der Waals surface area contributed by atoms with Crippen LogP contribution in [0.3, 0.4) is 0 Å². The highest BCUT2D eigenvalue weighted by Gasteiger charge is 2.41. The van der Waals surface area contributed by atoms with Gasteiger partial charge in [0.1, 0.15) is 0 Å². The van der Waals surface area contributed by atoms with Gasteiger partial charge in [-0.15, -0.1) is 0 Å². The Morgan fingerprint density at radius 3 is 2.40 bits per heavy atom. The Morgan fingerprint density at radius 2 is 1.74 bits per heavy atom. The molecule has 1 aliphatic heterocycles. The summed E-state index contributed by atoms with van der Waals surface area (Å²) < 4.78 is 32.1. The zero-order valence-corrected chi connectivity index (χ0v) is 21.1. The zero-order valence-electron chi connectivity index (χ0n) is 19.3. The molecule has 2 atom stereocenters. The second kappa shape index (κ2) is 12.3. The van der Waals surface area contributed by atoms with Gasteiger partial charge in [0.2, 0.25) is 15.9 Å². The quantitative estimate of drug-likeness (QED) is 0.306. The number of rotatable bonds is 11. The summed E-state index contributed by atoms with van der Waals surface area (Å²) >= 11 is 4.40. The number of carbonyl (C=O) groups excluding carboxylic acids is 3. The highest BCUT2D eigenvalue weighted by Crippen LogP contribution is 2.27. The minimum atomic E-state index is -3.71. The predicted molar refractivity (Wildman–Crippen MR) is 136 cm³/mol. The highest BCUT2D eigenvalue weighted by atomic mass is 32.2. The van der Waals surface area contributed by atoms with E-state index in [0.717, 1.165) is 0 Å². The summed E-state index contributed by atoms with van der Waals surface area (Å²) in [4.78, 5) is 36.7. The fraction of sp³-hybridized carbons (Fsp3) is 0.375. The van der Waals surface area contributed by atoms with Crippen LogP contribution in [0.25, 0.3) is 0 Å². The maximum Gasteiger partial charge on any atom is 0.338 e. The molecule has 0 bridgehead atoms. The Balaban J connectivity index is 1.50. The van der Waals surface area contributed by atoms with E-state index in [-0.39, 0.29) is 48.9 Å². The van der Waals surface area contributed by atoms with Gasteiger partial charge < -0.3 is 15.4 Å². The molecule has 0 radical (unpaired) electrons. The van der Waals surface area contributed by atoms with Gasteiger partial charge in [0.15, 0.2) is 5.78 Å². The minimum Gasteiger partial charge on any atom is -0.462 e. The van der Waals surface area contributed by atoms with Gasteiger partial charge in [0.05, 0.1) is 37.1 Å². The first-order valence-corrected chi connectivity index (χ1v) is 13.3. The molecule has 9 nitrogen and oxygen atoms in total. The maximum atomic E-state index is 13.0. The summed E-state index contributed by atoms with van der Waals surface area (Å²) in [7, 11) is -3.71. The van der Waals surface area contributed by atoms with Crippen LogP contribution < -0.4 is 10.6 Å². The molecule has 35 heavy (non-hydrogen) atoms. The van der Waals surface area contributed by atoms with Gasteiger partial charge in [0, 0.05) is 17.5 Å². The molecule has 2 unspecified atom stereocenters. The Kier molecular flexibility index (Phi) is 9.44. The molecule has 2 N–H and O–H groups in total. The van der Waals surface area contributed by atoms with Crippen LogP contribution in [0.4, 0.5) is 5.69 Å². The topological polar surface area (TPSA) is 122 Å². The molecule has 1 heterocycles. The van der Waals surface area contributed by atoms with Crippen molar-refractivity contribution in [1.29, 1.82) is 0 Å². The first-order chi connectivity index (χ1) is 16.7. The van der Waals surface area contributed by atoms with E-state index in [9.17, 15) is 22.8 Å². The molecule has 11 heteroatoms. The van der Waals surface area contributed by atoms with E-state index in [1.165, 1.54) is 4.31 Å². The lowest BCUT2D eigenvalue weighted by Crippen LogP contribution is -2.45. The van der Waals surface area contributed by atoms with Gasteiger partial charge in [-0.1, -0.05) is 30.3 Å². The Bertz CT molecular complexity index is 1140. The molecule has 1 aliphatic rings. The summed E-state index contributed by atoms with van der Waals surface area (Å²) in [6, 6.07) is 14.2. The van der Waals surface area contributed by atoms with E-state index < -0.39 is 22.0 Å². The lowest BCUT2D eigenvalue weighted by atomic mass is 10.1. The molecule has 188 valence electrons. The molecule has 0 spiro atoms. The van der Waals surface area contributed by atoms with E-state index in [4.69, 9.17) is 4.74 Å². The van der Waals surface area contributed by atoms with E-state index >= 15 is 0 Å². The van der Waals surface area contributed by atoms with Gasteiger partial charge >= 0.3 is 5.97 Å². The molecule has 2 aromatic rings. The van der Waals surface area contributed by atoms with Gasteiger partial charge in [-0.25, -0.2) is 13.2 Å². The number of ether oxygens (including phenoxy) is 1. The fourth-order valence-electron chi connectivity index (χ4n) is 3.78. The second-order valence-corrected chi connectivity index (χ2v) is 10.8. The number of nitrogens with one attached hydrogen (secondary N) is 2. The van der Waals surface area contributed by atoms with E-state index in [2.05, 4.69) is 23.3 Å². The number of ketones is 1. The number of Topliss-reactive ketones (excluding diaryl/α,β-unsaturated/α-hetero) is 1. The molecule has 0 aromatic heterocycles. The average molecular weight is 520 g/mol. The summed E-state index contributed by atoms with van der Waals surface area (Å²) in [5.74, 6) is -1.33. The Hall–Kier alpha value is -2.73. The number of hydrogen-bond donors (Lipinski definition) is 3. The fourth-order valence-corrected chi connectivity index (χ4v) is 6.04. The van der Waals surface area contributed by atoms with Gasteiger partial charge in [-0.2, -0.15) is 16.9 Å². The smallest absolute Gasteiger partial charge is 0.338 e. The molecule has 1 saturated heterocycles. The number of sulfonamides is 1. The third-order valence-corrected chi connectivity index (χ3v) is 7.61. The number of anilines is 1. The van der Waals surface area contributed by atoms with Crippen LogP contribution in [-0.4, -0.2) is 67.9 Å². The number of nitrogens with zero attached hydrogens (tertiary/aromatic N) is 1. The summed E-state index contributed by atoms with van der Waals surface area (Å²) in [6.07, 6.45) is 0.316. The summed E-state index contributed by atoms with van der Waals surface area (Å²) in [5, 5.41) is 5.21. The van der Waals surface area contributed by atoms with E-state index in [1.54, 1.807) is 55.5 Å². The minimum absolute atomic E-state index is 0.140. The maximum absolute atomic E-state index is 13.0. The van der Waals surface area contributed by atoms with Crippen molar-refractivity contribution in [2.24, 2.45) is 0 Å². The van der Waals surface area contributed by atoms with Gasteiger partial charge in [-0.3, -0.25) is 9.59 Å². The van der Waals surface area contributed by atoms with E-state index in [0.29, 0.717) is 23.2 Å². The first-order valence-electron chi connectivity index (χ1n) is 11.2. The van der Waals surface area contributed by atoms with Crippen molar-refractivity contribution in [2.45, 2.75) is 30.4 Å². The molecule has 0 aliphatic carbocycles. The number of carbonyl (C=O) groups is 3. The van der Waals surface area contributed by atoms with E-state index in [1.807, 2.05) is 6.07 Å². The van der Waals surface area contributed by atoms with Crippen molar-refractivity contribution in [1.82, 2.24) is 9.62 Å².